The quantitative estimate of drug-likeness (QED) is 0.0751. The van der Waals surface area contributed by atoms with Gasteiger partial charge in [-0.1, -0.05) is 93.5 Å². The molecule has 251 valence electrons. The van der Waals surface area contributed by atoms with Crippen molar-refractivity contribution in [3.8, 4) is 11.3 Å². The number of carbonyl (C=O) groups excluding carboxylic acids is 1. The van der Waals surface area contributed by atoms with Crippen molar-refractivity contribution in [2.75, 3.05) is 0 Å². The number of aliphatic hydroxyl groups is 1. The van der Waals surface area contributed by atoms with Gasteiger partial charge in [0, 0.05) is 42.4 Å². The predicted molar refractivity (Wildman–Crippen MR) is 192 cm³/mol. The molecular weight excluding hydrogens is 745 g/mol. The molecule has 0 fully saturated rings. The van der Waals surface area contributed by atoms with Gasteiger partial charge in [0.05, 0.1) is 5.52 Å². The van der Waals surface area contributed by atoms with Gasteiger partial charge in [-0.2, -0.15) is 0 Å². The van der Waals surface area contributed by atoms with Gasteiger partial charge in [-0.25, -0.2) is 4.98 Å². The molecule has 1 aromatic heterocycles. The monoisotopic (exact) mass is 800 g/mol. The van der Waals surface area contributed by atoms with Crippen molar-refractivity contribution in [3.05, 3.63) is 82.4 Å². The van der Waals surface area contributed by atoms with Crippen LogP contribution in [0.5, 0.6) is 0 Å². The molecular formula is C41H55IrN2O2-. The Hall–Kier alpha value is -2.88. The van der Waals surface area contributed by atoms with Crippen LogP contribution < -0.4 is 0 Å². The number of fused-ring (bicyclic) bond motifs is 3. The van der Waals surface area contributed by atoms with Crippen LogP contribution in [0.1, 0.15) is 109 Å². The molecule has 1 heterocycles. The van der Waals surface area contributed by atoms with Crippen LogP contribution in [0, 0.1) is 50.5 Å². The molecule has 0 saturated heterocycles. The van der Waals surface area contributed by atoms with Crippen molar-refractivity contribution in [3.63, 3.8) is 0 Å². The number of rotatable bonds is 10. The Morgan fingerprint density at radius 1 is 0.891 bits per heavy atom. The first-order valence-corrected chi connectivity index (χ1v) is 16.8. The number of benzene rings is 3. The number of aryl methyl sites for hydroxylation is 4. The molecule has 0 bridgehead atoms. The average Bonchev–Trinajstić information content (AvgIpc) is 2.98. The van der Waals surface area contributed by atoms with Crippen molar-refractivity contribution in [1.29, 1.82) is 0 Å². The van der Waals surface area contributed by atoms with E-state index in [4.69, 9.17) is 9.97 Å². The van der Waals surface area contributed by atoms with Gasteiger partial charge >= 0.3 is 0 Å². The molecule has 0 saturated carbocycles. The van der Waals surface area contributed by atoms with E-state index in [1.165, 1.54) is 33.5 Å². The van der Waals surface area contributed by atoms with E-state index in [1.54, 1.807) is 0 Å². The molecule has 46 heavy (non-hydrogen) atoms. The standard InChI is InChI=1S/C26H27N2.C15H28O2.Ir/c1-15(2)9-20-13-18(5)24-21(14-20)7-8-23-25(27-19(6)28-26(23)24)22-11-16(3)10-17(4)12-22;1-7-14(5,8-2)12(16)11-13(17)15(6,9-3)10-4;/h7-8,10-11,13-15H,9H2,1-6H3;11,16H,7-10H2,1-6H3;/q-1;;/b;12-11-;. The molecule has 4 rings (SSSR count). The second-order valence-corrected chi connectivity index (χ2v) is 13.9. The molecule has 0 atom stereocenters. The van der Waals surface area contributed by atoms with Crippen molar-refractivity contribution < 1.29 is 30.0 Å². The first-order valence-electron chi connectivity index (χ1n) is 16.8. The van der Waals surface area contributed by atoms with E-state index in [1.807, 2.05) is 48.5 Å². The Bertz CT molecular complexity index is 1670. The van der Waals surface area contributed by atoms with Gasteiger partial charge in [-0.15, -0.1) is 34.9 Å². The smallest absolute Gasteiger partial charge is 0.164 e. The Morgan fingerprint density at radius 2 is 1.50 bits per heavy atom. The molecule has 0 unspecified atom stereocenters. The maximum Gasteiger partial charge on any atom is 0.164 e. The Morgan fingerprint density at radius 3 is 2.04 bits per heavy atom. The average molecular weight is 800 g/mol. The predicted octanol–water partition coefficient (Wildman–Crippen LogP) is 11.3. The molecule has 4 aromatic rings. The zero-order chi connectivity index (χ0) is 33.7. The number of allylic oxidation sites excluding steroid dienone is 2. The molecule has 1 N–H and O–H groups in total. The van der Waals surface area contributed by atoms with E-state index in [9.17, 15) is 9.90 Å². The summed E-state index contributed by atoms with van der Waals surface area (Å²) < 4.78 is 0. The van der Waals surface area contributed by atoms with Crippen LogP contribution in [0.15, 0.2) is 48.2 Å². The van der Waals surface area contributed by atoms with E-state index in [-0.39, 0.29) is 42.5 Å². The Balaban J connectivity index is 0.000000356. The van der Waals surface area contributed by atoms with E-state index in [2.05, 4.69) is 77.1 Å². The number of aromatic nitrogens is 2. The van der Waals surface area contributed by atoms with Crippen LogP contribution in [-0.4, -0.2) is 20.9 Å². The van der Waals surface area contributed by atoms with Crippen LogP contribution >= 0.6 is 0 Å². The maximum absolute atomic E-state index is 12.2. The van der Waals surface area contributed by atoms with Gasteiger partial charge < -0.3 is 5.11 Å². The summed E-state index contributed by atoms with van der Waals surface area (Å²) in [6.07, 6.45) is 5.85. The number of ketones is 1. The van der Waals surface area contributed by atoms with E-state index >= 15 is 0 Å². The topological polar surface area (TPSA) is 63.1 Å². The van der Waals surface area contributed by atoms with Gasteiger partial charge in [0.25, 0.3) is 0 Å². The van der Waals surface area contributed by atoms with Crippen LogP contribution in [0.25, 0.3) is 32.9 Å². The second-order valence-electron chi connectivity index (χ2n) is 13.9. The Labute approximate surface area is 291 Å². The Kier molecular flexibility index (Phi) is 13.9. The SMILES string of the molecule is CCC(C)(CC)C(=O)/C=C(\O)C(C)(CC)CC.Cc1[c-]c(-c2nc(C)nc3c2ccc2cc(CC(C)C)cc(C)c23)cc(C)c1.[Ir]. The number of nitrogens with zero attached hydrogens (tertiary/aromatic N) is 2. The second kappa shape index (κ2) is 16.3. The molecule has 5 heteroatoms. The minimum Gasteiger partial charge on any atom is -0.512 e. The molecule has 4 nitrogen and oxygen atoms in total. The zero-order valence-electron chi connectivity index (χ0n) is 30.2. The van der Waals surface area contributed by atoms with E-state index in [0.717, 1.165) is 65.7 Å². The van der Waals surface area contributed by atoms with Crippen LogP contribution in [0.4, 0.5) is 0 Å². The molecule has 0 spiro atoms. The first kappa shape index (κ1) is 39.3. The molecule has 0 aliphatic carbocycles. The van der Waals surface area contributed by atoms with Gasteiger partial charge in [-0.3, -0.25) is 9.78 Å². The summed E-state index contributed by atoms with van der Waals surface area (Å²) >= 11 is 0. The summed E-state index contributed by atoms with van der Waals surface area (Å²) in [5.74, 6) is 1.73. The van der Waals surface area contributed by atoms with Crippen molar-refractivity contribution in [2.45, 2.75) is 115 Å². The van der Waals surface area contributed by atoms with E-state index in [0.29, 0.717) is 5.92 Å². The maximum atomic E-state index is 12.2. The fraction of sp³-hybridized carbons (Fsp3) is 0.488. The van der Waals surface area contributed by atoms with E-state index < -0.39 is 0 Å². The van der Waals surface area contributed by atoms with Gasteiger partial charge in [0.15, 0.2) is 5.78 Å². The number of hydrogen-bond donors (Lipinski definition) is 1. The third-order valence-corrected chi connectivity index (χ3v) is 9.80. The fourth-order valence-corrected chi connectivity index (χ4v) is 5.95. The van der Waals surface area contributed by atoms with Crippen LogP contribution in [0.2, 0.25) is 0 Å². The van der Waals surface area contributed by atoms with Gasteiger partial charge in [0.1, 0.15) is 11.6 Å². The minimum atomic E-state index is -0.337. The summed E-state index contributed by atoms with van der Waals surface area (Å²) in [5, 5.41) is 13.7. The molecule has 0 aliphatic heterocycles. The summed E-state index contributed by atoms with van der Waals surface area (Å²) in [7, 11) is 0. The summed E-state index contributed by atoms with van der Waals surface area (Å²) in [4.78, 5) is 21.8. The normalized spacial score (nSPS) is 12.2. The number of aliphatic hydroxyl groups excluding tert-OH is 1. The third-order valence-electron chi connectivity index (χ3n) is 9.80. The van der Waals surface area contributed by atoms with Gasteiger partial charge in [-0.05, 0) is 79.5 Å². The molecule has 0 aliphatic rings. The first-order chi connectivity index (χ1) is 21.1. The third kappa shape index (κ3) is 8.92. The molecule has 1 radical (unpaired) electrons. The molecule has 0 amide bonds. The number of carbonyl (C=O) groups is 1. The van der Waals surface area contributed by atoms with Crippen LogP contribution in [0.3, 0.4) is 0 Å². The van der Waals surface area contributed by atoms with Crippen molar-refractivity contribution in [1.82, 2.24) is 9.97 Å². The van der Waals surface area contributed by atoms with Gasteiger partial charge in [0.2, 0.25) is 0 Å². The molecule has 3 aromatic carbocycles. The minimum absolute atomic E-state index is 0. The van der Waals surface area contributed by atoms with Crippen LogP contribution in [-0.2, 0) is 31.3 Å². The summed E-state index contributed by atoms with van der Waals surface area (Å²) in [5.41, 5.74) is 7.50. The largest absolute Gasteiger partial charge is 0.512 e. The summed E-state index contributed by atoms with van der Waals surface area (Å²) in [6.45, 7) is 25.0. The number of hydrogen-bond acceptors (Lipinski definition) is 4. The summed E-state index contributed by atoms with van der Waals surface area (Å²) in [6, 6.07) is 16.8. The van der Waals surface area contributed by atoms with Crippen molar-refractivity contribution >= 4 is 27.5 Å². The fourth-order valence-electron chi connectivity index (χ4n) is 5.95. The van der Waals surface area contributed by atoms with Crippen molar-refractivity contribution in [2.24, 2.45) is 16.7 Å². The zero-order valence-corrected chi connectivity index (χ0v) is 32.6.